The molecular weight excluding hydrogens is 214 g/mol. The molecule has 94 valence electrons. The molecule has 4 N–H and O–H groups in total. The molecule has 2 unspecified atom stereocenters. The minimum atomic E-state index is -1.57. The first kappa shape index (κ1) is 14.7. The number of carboxylic acids is 1. The topological polar surface area (TPSA) is 102 Å². The van der Waals surface area contributed by atoms with Crippen molar-refractivity contribution in [2.45, 2.75) is 19.1 Å². The second kappa shape index (κ2) is 7.02. The highest BCUT2D eigenvalue weighted by Gasteiger charge is 2.14. The van der Waals surface area contributed by atoms with Gasteiger partial charge in [-0.25, -0.2) is 9.59 Å². The van der Waals surface area contributed by atoms with Gasteiger partial charge in [0.25, 0.3) is 0 Å². The number of aliphatic carboxylic acids is 1. The van der Waals surface area contributed by atoms with Crippen molar-refractivity contribution < 1.29 is 19.8 Å². The van der Waals surface area contributed by atoms with Gasteiger partial charge in [0.2, 0.25) is 0 Å². The average molecular weight is 233 g/mol. The van der Waals surface area contributed by atoms with Crippen molar-refractivity contribution >= 4 is 12.0 Å². The van der Waals surface area contributed by atoms with Gasteiger partial charge in [0, 0.05) is 12.6 Å². The van der Waals surface area contributed by atoms with Gasteiger partial charge in [-0.3, -0.25) is 0 Å². The van der Waals surface area contributed by atoms with E-state index < -0.39 is 18.1 Å². The molecule has 0 fully saturated rings. The number of hydrogen-bond donors (Lipinski definition) is 4. The van der Waals surface area contributed by atoms with Crippen LogP contribution in [0.1, 0.15) is 6.92 Å². The molecule has 0 bridgehead atoms. The van der Waals surface area contributed by atoms with Crippen molar-refractivity contribution in [2.75, 3.05) is 27.2 Å². The highest BCUT2D eigenvalue weighted by Crippen LogP contribution is 1.85. The van der Waals surface area contributed by atoms with E-state index in [1.54, 1.807) is 0 Å². The molecular formula is C9H19N3O4. The summed E-state index contributed by atoms with van der Waals surface area (Å²) in [5.74, 6) is -1.36. The maximum atomic E-state index is 11.2. The number of urea groups is 1. The first-order chi connectivity index (χ1) is 7.32. The van der Waals surface area contributed by atoms with Gasteiger partial charge in [0.15, 0.2) is 6.10 Å². The molecule has 7 heteroatoms. The van der Waals surface area contributed by atoms with E-state index >= 15 is 0 Å². The van der Waals surface area contributed by atoms with Crippen molar-refractivity contribution in [1.82, 2.24) is 15.5 Å². The van der Waals surface area contributed by atoms with Crippen LogP contribution < -0.4 is 10.6 Å². The van der Waals surface area contributed by atoms with Crippen LogP contribution in [0.4, 0.5) is 4.79 Å². The number of aliphatic hydroxyl groups excluding tert-OH is 1. The summed E-state index contributed by atoms with van der Waals surface area (Å²) in [5, 5.41) is 22.2. The molecule has 2 atom stereocenters. The lowest BCUT2D eigenvalue weighted by Crippen LogP contribution is -2.47. The third-order valence-electron chi connectivity index (χ3n) is 1.76. The van der Waals surface area contributed by atoms with Crippen molar-refractivity contribution in [3.05, 3.63) is 0 Å². The van der Waals surface area contributed by atoms with Gasteiger partial charge >= 0.3 is 12.0 Å². The molecule has 0 spiro atoms. The maximum Gasteiger partial charge on any atom is 0.334 e. The predicted molar refractivity (Wildman–Crippen MR) is 58.2 cm³/mol. The first-order valence-corrected chi connectivity index (χ1v) is 4.93. The van der Waals surface area contributed by atoms with E-state index in [0.717, 1.165) is 0 Å². The quantitative estimate of drug-likeness (QED) is 0.456. The second-order valence-corrected chi connectivity index (χ2v) is 3.87. The van der Waals surface area contributed by atoms with Crippen LogP contribution in [0.25, 0.3) is 0 Å². The van der Waals surface area contributed by atoms with E-state index in [4.69, 9.17) is 10.2 Å². The smallest absolute Gasteiger partial charge is 0.334 e. The molecule has 0 aromatic carbocycles. The molecule has 0 aromatic heterocycles. The second-order valence-electron chi connectivity index (χ2n) is 3.87. The third kappa shape index (κ3) is 7.02. The third-order valence-corrected chi connectivity index (χ3v) is 1.76. The summed E-state index contributed by atoms with van der Waals surface area (Å²) in [6.45, 7) is 2.19. The van der Waals surface area contributed by atoms with Crippen LogP contribution in [0.5, 0.6) is 0 Å². The van der Waals surface area contributed by atoms with E-state index in [1.165, 1.54) is 0 Å². The summed E-state index contributed by atoms with van der Waals surface area (Å²) in [5.41, 5.74) is 0. The van der Waals surface area contributed by atoms with Gasteiger partial charge in [0.1, 0.15) is 0 Å². The average Bonchev–Trinajstić information content (AvgIpc) is 2.12. The number of carboxylic acid groups (broad SMARTS) is 1. The fraction of sp³-hybridized carbons (Fsp3) is 0.778. The van der Waals surface area contributed by atoms with Crippen LogP contribution in [0.2, 0.25) is 0 Å². The number of nitrogens with zero attached hydrogens (tertiary/aromatic N) is 1. The fourth-order valence-electron chi connectivity index (χ4n) is 1.14. The Bertz CT molecular complexity index is 245. The Hall–Kier alpha value is -1.34. The number of carbonyl (C=O) groups excluding carboxylic acids is 1. The Morgan fingerprint density at radius 2 is 1.94 bits per heavy atom. The van der Waals surface area contributed by atoms with Gasteiger partial charge in [-0.2, -0.15) is 0 Å². The van der Waals surface area contributed by atoms with Crippen molar-refractivity contribution in [1.29, 1.82) is 0 Å². The Balaban J connectivity index is 3.78. The molecule has 0 rings (SSSR count). The molecule has 0 radical (unpaired) electrons. The van der Waals surface area contributed by atoms with Crippen LogP contribution in [0.3, 0.4) is 0 Å². The van der Waals surface area contributed by atoms with Gasteiger partial charge in [-0.15, -0.1) is 0 Å². The molecule has 7 nitrogen and oxygen atoms in total. The zero-order chi connectivity index (χ0) is 12.7. The zero-order valence-electron chi connectivity index (χ0n) is 9.73. The van der Waals surface area contributed by atoms with Gasteiger partial charge in [-0.1, -0.05) is 0 Å². The standard InChI is InChI=1S/C9H19N3O4/c1-6(5-12(2)3)11-9(16)10-4-7(13)8(14)15/h6-7,13H,4-5H2,1-3H3,(H,14,15)(H2,10,11,16). The lowest BCUT2D eigenvalue weighted by Gasteiger charge is -2.18. The molecule has 0 aliphatic carbocycles. The molecule has 0 saturated heterocycles. The van der Waals surface area contributed by atoms with Gasteiger partial charge in [0.05, 0.1) is 6.54 Å². The van der Waals surface area contributed by atoms with Crippen molar-refractivity contribution in [3.8, 4) is 0 Å². The molecule has 0 aliphatic heterocycles. The fourth-order valence-corrected chi connectivity index (χ4v) is 1.14. The Labute approximate surface area is 94.4 Å². The summed E-state index contributed by atoms with van der Waals surface area (Å²) in [6.07, 6.45) is -1.57. The van der Waals surface area contributed by atoms with E-state index in [1.807, 2.05) is 25.9 Å². The van der Waals surface area contributed by atoms with E-state index in [2.05, 4.69) is 10.6 Å². The van der Waals surface area contributed by atoms with Crippen LogP contribution >= 0.6 is 0 Å². The van der Waals surface area contributed by atoms with Crippen molar-refractivity contribution in [3.63, 3.8) is 0 Å². The molecule has 0 saturated carbocycles. The summed E-state index contributed by atoms with van der Waals surface area (Å²) in [7, 11) is 3.76. The minimum absolute atomic E-state index is 0.0584. The van der Waals surface area contributed by atoms with Gasteiger partial charge < -0.3 is 25.7 Å². The number of aliphatic hydroxyl groups is 1. The summed E-state index contributed by atoms with van der Waals surface area (Å²) < 4.78 is 0. The summed E-state index contributed by atoms with van der Waals surface area (Å²) in [6, 6.07) is -0.549. The van der Waals surface area contributed by atoms with Crippen LogP contribution in [-0.2, 0) is 4.79 Å². The first-order valence-electron chi connectivity index (χ1n) is 4.93. The lowest BCUT2D eigenvalue weighted by molar-refractivity contribution is -0.146. The van der Waals surface area contributed by atoms with Gasteiger partial charge in [-0.05, 0) is 21.0 Å². The maximum absolute atomic E-state index is 11.2. The van der Waals surface area contributed by atoms with Crippen LogP contribution in [-0.4, -0.2) is 66.4 Å². The predicted octanol–water partition coefficient (Wildman–Crippen LogP) is -1.32. The number of amides is 2. The molecule has 0 aliphatic rings. The molecule has 0 aromatic rings. The Kier molecular flexibility index (Phi) is 6.43. The minimum Gasteiger partial charge on any atom is -0.479 e. The van der Waals surface area contributed by atoms with Crippen LogP contribution in [0.15, 0.2) is 0 Å². The monoisotopic (exact) mass is 233 g/mol. The van der Waals surface area contributed by atoms with E-state index in [9.17, 15) is 9.59 Å². The van der Waals surface area contributed by atoms with Crippen molar-refractivity contribution in [2.24, 2.45) is 0 Å². The molecule has 16 heavy (non-hydrogen) atoms. The zero-order valence-corrected chi connectivity index (χ0v) is 9.73. The normalized spacial score (nSPS) is 14.3. The molecule has 0 heterocycles. The highest BCUT2D eigenvalue weighted by atomic mass is 16.4. The van der Waals surface area contributed by atoms with E-state index in [0.29, 0.717) is 6.54 Å². The van der Waals surface area contributed by atoms with Crippen LogP contribution in [0, 0.1) is 0 Å². The number of hydrogen-bond acceptors (Lipinski definition) is 4. The Morgan fingerprint density at radius 3 is 2.38 bits per heavy atom. The number of likely N-dealkylation sites (N-methyl/N-ethyl adjacent to an activating group) is 1. The number of carbonyl (C=O) groups is 2. The number of nitrogens with one attached hydrogen (secondary N) is 2. The highest BCUT2D eigenvalue weighted by molar-refractivity contribution is 5.76. The van der Waals surface area contributed by atoms with E-state index in [-0.39, 0.29) is 12.6 Å². The number of rotatable bonds is 6. The summed E-state index contributed by atoms with van der Waals surface area (Å²) >= 11 is 0. The summed E-state index contributed by atoms with van der Waals surface area (Å²) in [4.78, 5) is 23.4. The molecule has 2 amide bonds. The lowest BCUT2D eigenvalue weighted by atomic mass is 10.3. The SMILES string of the molecule is CC(CN(C)C)NC(=O)NCC(O)C(=O)O. The Morgan fingerprint density at radius 1 is 1.38 bits per heavy atom. The largest absolute Gasteiger partial charge is 0.479 e.